The van der Waals surface area contributed by atoms with Gasteiger partial charge in [-0.1, -0.05) is 19.0 Å². The average molecular weight is 227 g/mol. The van der Waals surface area contributed by atoms with Crippen LogP contribution in [0.4, 0.5) is 0 Å². The van der Waals surface area contributed by atoms with Crippen LogP contribution in [-0.4, -0.2) is 50.6 Å². The lowest BCUT2D eigenvalue weighted by Gasteiger charge is -2.10. The van der Waals surface area contributed by atoms with Crippen LogP contribution in [0.2, 0.25) is 0 Å². The maximum Gasteiger partial charge on any atom is 0.240 e. The van der Waals surface area contributed by atoms with Gasteiger partial charge in [0.1, 0.15) is 0 Å². The SMILES string of the molecule is CC(C)c1noc(CN2CC(O)C(O)C2)n1. The smallest absolute Gasteiger partial charge is 0.240 e. The van der Waals surface area contributed by atoms with E-state index in [-0.39, 0.29) is 5.92 Å². The quantitative estimate of drug-likeness (QED) is 0.739. The molecule has 90 valence electrons. The zero-order chi connectivity index (χ0) is 11.7. The Hall–Kier alpha value is -0.980. The zero-order valence-electron chi connectivity index (χ0n) is 9.50. The second-order valence-electron chi connectivity index (χ2n) is 4.53. The van der Waals surface area contributed by atoms with Crippen molar-refractivity contribution >= 4 is 0 Å². The highest BCUT2D eigenvalue weighted by Gasteiger charge is 2.30. The molecule has 1 aliphatic heterocycles. The molecule has 0 radical (unpaired) electrons. The molecule has 0 saturated carbocycles. The molecule has 0 spiro atoms. The maximum atomic E-state index is 9.38. The fraction of sp³-hybridized carbons (Fsp3) is 0.800. The van der Waals surface area contributed by atoms with E-state index in [2.05, 4.69) is 10.1 Å². The second-order valence-corrected chi connectivity index (χ2v) is 4.53. The number of rotatable bonds is 3. The number of aromatic nitrogens is 2. The first-order valence-electron chi connectivity index (χ1n) is 5.47. The number of nitrogens with zero attached hydrogens (tertiary/aromatic N) is 3. The van der Waals surface area contributed by atoms with Crippen molar-refractivity contribution in [3.63, 3.8) is 0 Å². The lowest BCUT2D eigenvalue weighted by atomic mass is 10.2. The molecule has 2 unspecified atom stereocenters. The van der Waals surface area contributed by atoms with Crippen LogP contribution in [0.25, 0.3) is 0 Å². The summed E-state index contributed by atoms with van der Waals surface area (Å²) in [6.07, 6.45) is -1.35. The summed E-state index contributed by atoms with van der Waals surface area (Å²) >= 11 is 0. The summed E-state index contributed by atoms with van der Waals surface area (Å²) in [7, 11) is 0. The van der Waals surface area contributed by atoms with E-state index >= 15 is 0 Å². The molecule has 1 fully saturated rings. The summed E-state index contributed by atoms with van der Waals surface area (Å²) < 4.78 is 5.09. The van der Waals surface area contributed by atoms with Crippen molar-refractivity contribution in [2.24, 2.45) is 0 Å². The van der Waals surface area contributed by atoms with Crippen molar-refractivity contribution in [3.8, 4) is 0 Å². The molecule has 0 aromatic carbocycles. The standard InChI is InChI=1S/C10H17N3O3/c1-6(2)10-11-9(16-12-10)5-13-3-7(14)8(15)4-13/h6-8,14-15H,3-5H2,1-2H3. The molecule has 2 heterocycles. The predicted octanol–water partition coefficient (Wildman–Crippen LogP) is -0.270. The Morgan fingerprint density at radius 1 is 1.38 bits per heavy atom. The number of hydrogen-bond donors (Lipinski definition) is 2. The highest BCUT2D eigenvalue weighted by atomic mass is 16.5. The summed E-state index contributed by atoms with van der Waals surface area (Å²) in [6, 6.07) is 0. The molecule has 1 aliphatic rings. The summed E-state index contributed by atoms with van der Waals surface area (Å²) in [4.78, 5) is 6.14. The van der Waals surface area contributed by atoms with Gasteiger partial charge in [-0.3, -0.25) is 4.90 Å². The van der Waals surface area contributed by atoms with Crippen LogP contribution in [-0.2, 0) is 6.54 Å². The summed E-state index contributed by atoms with van der Waals surface area (Å²) in [6.45, 7) is 5.37. The van der Waals surface area contributed by atoms with Crippen LogP contribution in [0.3, 0.4) is 0 Å². The van der Waals surface area contributed by atoms with Crippen LogP contribution in [0.5, 0.6) is 0 Å². The predicted molar refractivity (Wildman–Crippen MR) is 55.7 cm³/mol. The topological polar surface area (TPSA) is 82.6 Å². The molecular formula is C10H17N3O3. The lowest BCUT2D eigenvalue weighted by Crippen LogP contribution is -2.22. The van der Waals surface area contributed by atoms with Gasteiger partial charge in [-0.25, -0.2) is 0 Å². The second kappa shape index (κ2) is 4.48. The first-order valence-corrected chi connectivity index (χ1v) is 5.47. The molecule has 0 bridgehead atoms. The van der Waals surface area contributed by atoms with Gasteiger partial charge in [0.15, 0.2) is 5.82 Å². The van der Waals surface area contributed by atoms with Crippen LogP contribution in [0.15, 0.2) is 4.52 Å². The van der Waals surface area contributed by atoms with E-state index in [1.165, 1.54) is 0 Å². The van der Waals surface area contributed by atoms with E-state index in [0.29, 0.717) is 31.3 Å². The molecule has 2 atom stereocenters. The third kappa shape index (κ3) is 2.40. The molecule has 1 aromatic rings. The van der Waals surface area contributed by atoms with Gasteiger partial charge in [-0.2, -0.15) is 4.98 Å². The minimum absolute atomic E-state index is 0.243. The molecule has 1 saturated heterocycles. The normalized spacial score (nSPS) is 26.8. The molecule has 2 rings (SSSR count). The number of β-amino-alcohol motifs (C(OH)–C–C–N with tert-alkyl or cyclic N) is 2. The van der Waals surface area contributed by atoms with Gasteiger partial charge in [0.2, 0.25) is 5.89 Å². The number of aliphatic hydroxyl groups excluding tert-OH is 2. The van der Waals surface area contributed by atoms with Crippen LogP contribution >= 0.6 is 0 Å². The van der Waals surface area contributed by atoms with E-state index < -0.39 is 12.2 Å². The first kappa shape index (κ1) is 11.5. The number of likely N-dealkylation sites (tertiary alicyclic amines) is 1. The average Bonchev–Trinajstić information content (AvgIpc) is 2.76. The molecular weight excluding hydrogens is 210 g/mol. The highest BCUT2D eigenvalue weighted by Crippen LogP contribution is 2.15. The Kier molecular flexibility index (Phi) is 3.22. The first-order chi connectivity index (χ1) is 7.56. The molecule has 6 nitrogen and oxygen atoms in total. The fourth-order valence-electron chi connectivity index (χ4n) is 1.73. The monoisotopic (exact) mass is 227 g/mol. The zero-order valence-corrected chi connectivity index (χ0v) is 9.50. The Bertz CT molecular complexity index is 343. The van der Waals surface area contributed by atoms with Gasteiger partial charge >= 0.3 is 0 Å². The van der Waals surface area contributed by atoms with Gasteiger partial charge in [-0.15, -0.1) is 0 Å². The van der Waals surface area contributed by atoms with E-state index in [4.69, 9.17) is 4.52 Å². The summed E-state index contributed by atoms with van der Waals surface area (Å²) in [5, 5.41) is 22.6. The molecule has 16 heavy (non-hydrogen) atoms. The molecule has 0 aliphatic carbocycles. The van der Waals surface area contributed by atoms with Crippen molar-refractivity contribution in [2.75, 3.05) is 13.1 Å². The van der Waals surface area contributed by atoms with E-state index in [0.717, 1.165) is 0 Å². The van der Waals surface area contributed by atoms with Crippen molar-refractivity contribution in [2.45, 2.75) is 38.5 Å². The van der Waals surface area contributed by atoms with Gasteiger partial charge in [0.25, 0.3) is 0 Å². The Balaban J connectivity index is 1.94. The van der Waals surface area contributed by atoms with Crippen molar-refractivity contribution in [3.05, 3.63) is 11.7 Å². The van der Waals surface area contributed by atoms with Crippen molar-refractivity contribution < 1.29 is 14.7 Å². The third-order valence-electron chi connectivity index (χ3n) is 2.69. The molecule has 2 N–H and O–H groups in total. The van der Waals surface area contributed by atoms with Crippen molar-refractivity contribution in [1.82, 2.24) is 15.0 Å². The van der Waals surface area contributed by atoms with Crippen LogP contribution in [0, 0.1) is 0 Å². The van der Waals surface area contributed by atoms with Gasteiger partial charge in [-0.05, 0) is 0 Å². The largest absolute Gasteiger partial charge is 0.389 e. The van der Waals surface area contributed by atoms with Crippen LogP contribution in [0.1, 0.15) is 31.5 Å². The molecule has 0 amide bonds. The Morgan fingerprint density at radius 2 is 2.00 bits per heavy atom. The number of aliphatic hydroxyl groups is 2. The Morgan fingerprint density at radius 3 is 2.50 bits per heavy atom. The van der Waals surface area contributed by atoms with Crippen molar-refractivity contribution in [1.29, 1.82) is 0 Å². The van der Waals surface area contributed by atoms with Gasteiger partial charge in [0.05, 0.1) is 18.8 Å². The maximum absolute atomic E-state index is 9.38. The summed E-state index contributed by atoms with van der Waals surface area (Å²) in [5.74, 6) is 1.47. The van der Waals surface area contributed by atoms with E-state index in [1.54, 1.807) is 0 Å². The summed E-state index contributed by atoms with van der Waals surface area (Å²) in [5.41, 5.74) is 0. The van der Waals surface area contributed by atoms with Gasteiger partial charge < -0.3 is 14.7 Å². The minimum atomic E-state index is -0.674. The minimum Gasteiger partial charge on any atom is -0.389 e. The molecule has 1 aromatic heterocycles. The van der Waals surface area contributed by atoms with Crippen LogP contribution < -0.4 is 0 Å². The van der Waals surface area contributed by atoms with Gasteiger partial charge in [0, 0.05) is 19.0 Å². The third-order valence-corrected chi connectivity index (χ3v) is 2.69. The molecule has 6 heteroatoms. The van der Waals surface area contributed by atoms with E-state index in [1.807, 2.05) is 18.7 Å². The lowest BCUT2D eigenvalue weighted by molar-refractivity contribution is 0.0572. The fourth-order valence-corrected chi connectivity index (χ4v) is 1.73. The Labute approximate surface area is 93.9 Å². The number of hydrogen-bond acceptors (Lipinski definition) is 6. The highest BCUT2D eigenvalue weighted by molar-refractivity contribution is 4.93. The van der Waals surface area contributed by atoms with E-state index in [9.17, 15) is 10.2 Å².